The van der Waals surface area contributed by atoms with Gasteiger partial charge < -0.3 is 10.6 Å². The molecule has 0 radical (unpaired) electrons. The molecule has 0 aromatic heterocycles. The molecule has 2 rings (SSSR count). The second-order valence-corrected chi connectivity index (χ2v) is 8.88. The van der Waals surface area contributed by atoms with E-state index in [0.29, 0.717) is 24.6 Å². The third-order valence-corrected chi connectivity index (χ3v) is 5.53. The number of guanidine groups is 1. The van der Waals surface area contributed by atoms with E-state index in [1.165, 1.54) is 0 Å². The Bertz CT molecular complexity index is 872. The maximum atomic E-state index is 12.7. The minimum absolute atomic E-state index is 0.269. The first-order valence-corrected chi connectivity index (χ1v) is 10.3. The highest BCUT2D eigenvalue weighted by molar-refractivity contribution is 7.89. The summed E-state index contributed by atoms with van der Waals surface area (Å²) in [4.78, 5) is 4.47. The monoisotopic (exact) mass is 388 g/mol. The quantitative estimate of drug-likeness (QED) is 0.525. The van der Waals surface area contributed by atoms with Gasteiger partial charge in [0.2, 0.25) is 10.0 Å². The summed E-state index contributed by atoms with van der Waals surface area (Å²) in [5, 5.41) is 6.40. The second kappa shape index (κ2) is 9.01. The predicted molar refractivity (Wildman–Crippen MR) is 110 cm³/mol. The molecule has 0 aliphatic rings. The highest BCUT2D eigenvalue weighted by Gasteiger charge is 2.24. The van der Waals surface area contributed by atoms with E-state index in [-0.39, 0.29) is 4.90 Å². The average Bonchev–Trinajstić information content (AvgIpc) is 2.61. The fourth-order valence-electron chi connectivity index (χ4n) is 2.55. The number of hydrogen-bond acceptors (Lipinski definition) is 3. The molecule has 0 amide bonds. The van der Waals surface area contributed by atoms with Crippen LogP contribution in [0.1, 0.15) is 31.9 Å². The van der Waals surface area contributed by atoms with E-state index in [9.17, 15) is 8.42 Å². The maximum Gasteiger partial charge on any atom is 0.241 e. The van der Waals surface area contributed by atoms with Crippen LogP contribution in [0.5, 0.6) is 0 Å². The fraction of sp³-hybridized carbons (Fsp3) is 0.350. The van der Waals surface area contributed by atoms with Crippen LogP contribution in [0.4, 0.5) is 0 Å². The van der Waals surface area contributed by atoms with E-state index >= 15 is 0 Å². The van der Waals surface area contributed by atoms with Crippen molar-refractivity contribution >= 4 is 16.0 Å². The number of hydrogen-bond donors (Lipinski definition) is 3. The lowest BCUT2D eigenvalue weighted by Crippen LogP contribution is -2.41. The number of rotatable bonds is 6. The molecule has 3 N–H and O–H groups in total. The number of aliphatic imine (C=N–C) groups is 1. The lowest BCUT2D eigenvalue weighted by Gasteiger charge is -2.22. The van der Waals surface area contributed by atoms with Crippen molar-refractivity contribution in [2.75, 3.05) is 7.05 Å². The van der Waals surface area contributed by atoms with Crippen LogP contribution in [0.3, 0.4) is 0 Å². The molecule has 146 valence electrons. The van der Waals surface area contributed by atoms with E-state index in [4.69, 9.17) is 0 Å². The van der Waals surface area contributed by atoms with Crippen LogP contribution >= 0.6 is 0 Å². The Balaban J connectivity index is 2.07. The molecule has 2 aromatic carbocycles. The molecule has 27 heavy (non-hydrogen) atoms. The van der Waals surface area contributed by atoms with Crippen molar-refractivity contribution in [1.82, 2.24) is 15.4 Å². The Morgan fingerprint density at radius 1 is 0.926 bits per heavy atom. The summed E-state index contributed by atoms with van der Waals surface area (Å²) >= 11 is 0. The van der Waals surface area contributed by atoms with Crippen molar-refractivity contribution in [2.24, 2.45) is 4.99 Å². The van der Waals surface area contributed by atoms with Crippen molar-refractivity contribution in [3.63, 3.8) is 0 Å². The minimum atomic E-state index is -3.61. The smallest absolute Gasteiger partial charge is 0.241 e. The number of benzene rings is 2. The molecule has 0 fully saturated rings. The molecule has 6 nitrogen and oxygen atoms in total. The van der Waals surface area contributed by atoms with Crippen molar-refractivity contribution in [3.8, 4) is 0 Å². The molecule has 2 aromatic rings. The highest BCUT2D eigenvalue weighted by Crippen LogP contribution is 2.17. The van der Waals surface area contributed by atoms with Crippen LogP contribution in [0.15, 0.2) is 64.5 Å². The molecule has 0 saturated carbocycles. The van der Waals surface area contributed by atoms with Crippen molar-refractivity contribution < 1.29 is 8.42 Å². The van der Waals surface area contributed by atoms with Crippen molar-refractivity contribution in [3.05, 3.63) is 65.7 Å². The van der Waals surface area contributed by atoms with Gasteiger partial charge in [0.1, 0.15) is 0 Å². The van der Waals surface area contributed by atoms with Crippen LogP contribution in [-0.4, -0.2) is 27.0 Å². The zero-order valence-corrected chi connectivity index (χ0v) is 17.1. The van der Waals surface area contributed by atoms with Gasteiger partial charge in [-0.3, -0.25) is 4.99 Å². The first-order chi connectivity index (χ1) is 12.7. The first-order valence-electron chi connectivity index (χ1n) is 8.81. The molecule has 0 aliphatic carbocycles. The Morgan fingerprint density at radius 2 is 1.52 bits per heavy atom. The van der Waals surface area contributed by atoms with E-state index in [1.54, 1.807) is 25.2 Å². The van der Waals surface area contributed by atoms with E-state index in [2.05, 4.69) is 20.3 Å². The predicted octanol–water partition coefficient (Wildman–Crippen LogP) is 2.63. The lowest BCUT2D eigenvalue weighted by molar-refractivity contribution is 0.491. The van der Waals surface area contributed by atoms with E-state index in [1.807, 2.05) is 57.2 Å². The van der Waals surface area contributed by atoms with Gasteiger partial charge in [0.15, 0.2) is 5.96 Å². The minimum Gasteiger partial charge on any atom is -0.352 e. The van der Waals surface area contributed by atoms with Crippen LogP contribution < -0.4 is 15.4 Å². The zero-order valence-electron chi connectivity index (χ0n) is 16.3. The molecular weight excluding hydrogens is 360 g/mol. The Labute approximate surface area is 162 Å². The lowest BCUT2D eigenvalue weighted by atomic mass is 10.1. The summed E-state index contributed by atoms with van der Waals surface area (Å²) < 4.78 is 28.1. The van der Waals surface area contributed by atoms with Crippen LogP contribution in [0, 0.1) is 0 Å². The summed E-state index contributed by atoms with van der Waals surface area (Å²) in [5.41, 5.74) is 1.27. The second-order valence-electron chi connectivity index (χ2n) is 7.23. The number of nitrogens with one attached hydrogen (secondary N) is 3. The summed E-state index contributed by atoms with van der Waals surface area (Å²) in [5.74, 6) is 0.606. The highest BCUT2D eigenvalue weighted by atomic mass is 32.2. The van der Waals surface area contributed by atoms with E-state index in [0.717, 1.165) is 5.56 Å². The van der Waals surface area contributed by atoms with Gasteiger partial charge >= 0.3 is 0 Å². The van der Waals surface area contributed by atoms with Crippen LogP contribution in [0.25, 0.3) is 0 Å². The van der Waals surface area contributed by atoms with Gasteiger partial charge in [-0.15, -0.1) is 0 Å². The van der Waals surface area contributed by atoms with E-state index < -0.39 is 15.6 Å². The molecule has 0 bridgehead atoms. The molecule has 0 atom stereocenters. The summed E-state index contributed by atoms with van der Waals surface area (Å²) in [7, 11) is -1.92. The Kier molecular flexibility index (Phi) is 6.98. The van der Waals surface area contributed by atoms with Gasteiger partial charge in [-0.25, -0.2) is 13.1 Å². The van der Waals surface area contributed by atoms with Crippen LogP contribution in [-0.2, 0) is 23.1 Å². The van der Waals surface area contributed by atoms with Crippen LogP contribution in [0.2, 0.25) is 0 Å². The standard InChI is InChI=1S/C20H28N4O2S/c1-20(2,3)24-27(25,26)18-13-9-8-12-17(18)15-23-19(21-4)22-14-16-10-6-5-7-11-16/h5-13,24H,14-15H2,1-4H3,(H2,21,22,23). The summed E-state index contributed by atoms with van der Waals surface area (Å²) in [6.45, 7) is 6.43. The molecule has 0 heterocycles. The molecule has 0 spiro atoms. The fourth-order valence-corrected chi connectivity index (χ4v) is 4.21. The van der Waals surface area contributed by atoms with Gasteiger partial charge in [-0.1, -0.05) is 48.5 Å². The maximum absolute atomic E-state index is 12.7. The van der Waals surface area contributed by atoms with Gasteiger partial charge in [-0.2, -0.15) is 0 Å². The Morgan fingerprint density at radius 3 is 2.15 bits per heavy atom. The molecule has 0 saturated heterocycles. The normalized spacial score (nSPS) is 12.7. The summed E-state index contributed by atoms with van der Waals surface area (Å²) in [6, 6.07) is 17.0. The van der Waals surface area contributed by atoms with Crippen molar-refractivity contribution in [2.45, 2.75) is 44.3 Å². The molecule has 7 heteroatoms. The average molecular weight is 389 g/mol. The topological polar surface area (TPSA) is 82.6 Å². The zero-order chi connectivity index (χ0) is 19.9. The molecule has 0 aliphatic heterocycles. The SMILES string of the molecule is CN=C(NCc1ccccc1)NCc1ccccc1S(=O)(=O)NC(C)(C)C. The third kappa shape index (κ3) is 6.69. The van der Waals surface area contributed by atoms with Gasteiger partial charge in [-0.05, 0) is 38.0 Å². The number of sulfonamides is 1. The van der Waals surface area contributed by atoms with Gasteiger partial charge in [0.05, 0.1) is 4.90 Å². The largest absolute Gasteiger partial charge is 0.352 e. The first kappa shape index (κ1) is 20.9. The van der Waals surface area contributed by atoms with Gasteiger partial charge in [0, 0.05) is 25.7 Å². The third-order valence-electron chi connectivity index (χ3n) is 3.68. The Hall–Kier alpha value is -2.38. The molecule has 0 unspecified atom stereocenters. The van der Waals surface area contributed by atoms with Gasteiger partial charge in [0.25, 0.3) is 0 Å². The van der Waals surface area contributed by atoms with Crippen molar-refractivity contribution in [1.29, 1.82) is 0 Å². The number of nitrogens with zero attached hydrogens (tertiary/aromatic N) is 1. The summed E-state index contributed by atoms with van der Waals surface area (Å²) in [6.07, 6.45) is 0. The molecular formula is C20H28N4O2S.